The highest BCUT2D eigenvalue weighted by Crippen LogP contribution is 2.36. The van der Waals surface area contributed by atoms with Crippen LogP contribution in [0.15, 0.2) is 48.5 Å². The van der Waals surface area contributed by atoms with Crippen molar-refractivity contribution in [1.29, 1.82) is 0 Å². The van der Waals surface area contributed by atoms with E-state index in [0.717, 1.165) is 46.6 Å². The van der Waals surface area contributed by atoms with Gasteiger partial charge in [0.1, 0.15) is 11.5 Å². The molecule has 5 heteroatoms. The van der Waals surface area contributed by atoms with Crippen molar-refractivity contribution < 1.29 is 15.0 Å². The first-order valence-electron chi connectivity index (χ1n) is 9.78. The molecule has 0 saturated heterocycles. The first kappa shape index (κ1) is 19.0. The van der Waals surface area contributed by atoms with Crippen LogP contribution in [0.3, 0.4) is 0 Å². The second-order valence-corrected chi connectivity index (χ2v) is 7.73. The normalized spacial score (nSPS) is 15.8. The van der Waals surface area contributed by atoms with E-state index in [9.17, 15) is 15.0 Å². The second kappa shape index (κ2) is 7.24. The minimum atomic E-state index is -0.270. The van der Waals surface area contributed by atoms with Crippen LogP contribution in [0.4, 0.5) is 5.69 Å². The Morgan fingerprint density at radius 1 is 1.07 bits per heavy atom. The van der Waals surface area contributed by atoms with E-state index in [-0.39, 0.29) is 29.0 Å². The minimum absolute atomic E-state index is 0.00730. The molecule has 1 aromatic heterocycles. The first-order chi connectivity index (χ1) is 13.8. The zero-order valence-corrected chi connectivity index (χ0v) is 16.8. The van der Waals surface area contributed by atoms with Crippen LogP contribution in [0.2, 0.25) is 0 Å². The monoisotopic (exact) mass is 388 g/mol. The van der Waals surface area contributed by atoms with E-state index in [1.165, 1.54) is 18.2 Å². The molecule has 0 bridgehead atoms. The standard InChI is InChI=1S/C24H24N2O3/c1-14-4-5-15(2)25-23(14)18-8-11-21-17(12-18)7-6-16(3)26(21)24(29)20-10-9-19(27)13-22(20)28/h4-5,8-13,16,27-28H,6-7H2,1-3H3. The molecule has 1 aliphatic rings. The van der Waals surface area contributed by atoms with Gasteiger partial charge in [-0.25, -0.2) is 0 Å². The van der Waals surface area contributed by atoms with Crippen LogP contribution in [-0.2, 0) is 6.42 Å². The maximum atomic E-state index is 13.2. The SMILES string of the molecule is Cc1ccc(C)c(-c2ccc3c(c2)CCC(C)N3C(=O)c2ccc(O)cc2O)n1. The predicted molar refractivity (Wildman–Crippen MR) is 114 cm³/mol. The van der Waals surface area contributed by atoms with Crippen molar-refractivity contribution in [2.24, 2.45) is 0 Å². The lowest BCUT2D eigenvalue weighted by molar-refractivity contribution is 0.0972. The largest absolute Gasteiger partial charge is 0.508 e. The number of aromatic nitrogens is 1. The molecule has 2 N–H and O–H groups in total. The molecule has 5 nitrogen and oxygen atoms in total. The number of phenolic OH excluding ortho intramolecular Hbond substituents is 2. The summed E-state index contributed by atoms with van der Waals surface area (Å²) in [6.45, 7) is 6.04. The maximum Gasteiger partial charge on any atom is 0.262 e. The summed E-state index contributed by atoms with van der Waals surface area (Å²) in [7, 11) is 0. The van der Waals surface area contributed by atoms with Crippen molar-refractivity contribution in [3.05, 3.63) is 70.9 Å². The van der Waals surface area contributed by atoms with Crippen LogP contribution in [-0.4, -0.2) is 27.1 Å². The third-order valence-corrected chi connectivity index (χ3v) is 5.55. The molecule has 0 saturated carbocycles. The smallest absolute Gasteiger partial charge is 0.262 e. The molecule has 1 unspecified atom stereocenters. The molecule has 0 radical (unpaired) electrons. The zero-order chi connectivity index (χ0) is 20.7. The third kappa shape index (κ3) is 3.44. The topological polar surface area (TPSA) is 73.7 Å². The molecule has 148 valence electrons. The van der Waals surface area contributed by atoms with E-state index in [1.54, 1.807) is 4.90 Å². The molecule has 4 rings (SSSR count). The molecule has 2 aromatic carbocycles. The fourth-order valence-electron chi connectivity index (χ4n) is 3.96. The van der Waals surface area contributed by atoms with E-state index >= 15 is 0 Å². The molecule has 0 fully saturated rings. The Morgan fingerprint density at radius 3 is 2.62 bits per heavy atom. The number of carbonyl (C=O) groups is 1. The number of benzene rings is 2. The Hall–Kier alpha value is -3.34. The maximum absolute atomic E-state index is 13.2. The van der Waals surface area contributed by atoms with Gasteiger partial charge in [0.05, 0.1) is 11.3 Å². The van der Waals surface area contributed by atoms with Crippen LogP contribution < -0.4 is 4.90 Å². The van der Waals surface area contributed by atoms with Crippen molar-refractivity contribution in [1.82, 2.24) is 4.98 Å². The zero-order valence-electron chi connectivity index (χ0n) is 16.8. The summed E-state index contributed by atoms with van der Waals surface area (Å²) in [5.74, 6) is -0.559. The number of aryl methyl sites for hydroxylation is 3. The molecule has 1 amide bonds. The lowest BCUT2D eigenvalue weighted by Crippen LogP contribution is -2.42. The van der Waals surface area contributed by atoms with Gasteiger partial charge in [-0.05, 0) is 75.1 Å². The van der Waals surface area contributed by atoms with Crippen LogP contribution >= 0.6 is 0 Å². The Morgan fingerprint density at radius 2 is 1.86 bits per heavy atom. The molecular formula is C24H24N2O3. The summed E-state index contributed by atoms with van der Waals surface area (Å²) >= 11 is 0. The Kier molecular flexibility index (Phi) is 4.74. The molecular weight excluding hydrogens is 364 g/mol. The summed E-state index contributed by atoms with van der Waals surface area (Å²) in [6.07, 6.45) is 1.71. The number of fused-ring (bicyclic) bond motifs is 1. The Labute approximate surface area is 170 Å². The highest BCUT2D eigenvalue weighted by Gasteiger charge is 2.30. The van der Waals surface area contributed by atoms with Crippen molar-refractivity contribution in [3.8, 4) is 22.8 Å². The second-order valence-electron chi connectivity index (χ2n) is 7.73. The molecule has 0 aliphatic carbocycles. The van der Waals surface area contributed by atoms with Crippen LogP contribution in [0.5, 0.6) is 11.5 Å². The van der Waals surface area contributed by atoms with Crippen molar-refractivity contribution in [2.45, 2.75) is 39.7 Å². The fourth-order valence-corrected chi connectivity index (χ4v) is 3.96. The number of aromatic hydroxyl groups is 2. The molecule has 3 aromatic rings. The van der Waals surface area contributed by atoms with Crippen LogP contribution in [0.25, 0.3) is 11.3 Å². The number of hydrogen-bond donors (Lipinski definition) is 2. The van der Waals surface area contributed by atoms with Crippen molar-refractivity contribution >= 4 is 11.6 Å². The van der Waals surface area contributed by atoms with Gasteiger partial charge in [0.15, 0.2) is 0 Å². The van der Waals surface area contributed by atoms with Gasteiger partial charge < -0.3 is 15.1 Å². The summed E-state index contributed by atoms with van der Waals surface area (Å²) in [5.41, 5.74) is 6.21. The van der Waals surface area contributed by atoms with E-state index in [2.05, 4.69) is 12.1 Å². The van der Waals surface area contributed by atoms with Gasteiger partial charge in [-0.2, -0.15) is 0 Å². The van der Waals surface area contributed by atoms with Gasteiger partial charge in [-0.3, -0.25) is 9.78 Å². The average molecular weight is 388 g/mol. The molecule has 2 heterocycles. The highest BCUT2D eigenvalue weighted by molar-refractivity contribution is 6.09. The summed E-state index contributed by atoms with van der Waals surface area (Å²) < 4.78 is 0. The first-order valence-corrected chi connectivity index (χ1v) is 9.78. The third-order valence-electron chi connectivity index (χ3n) is 5.55. The molecule has 0 spiro atoms. The lowest BCUT2D eigenvalue weighted by atomic mass is 9.92. The van der Waals surface area contributed by atoms with E-state index in [0.29, 0.717) is 0 Å². The predicted octanol–water partition coefficient (Wildman–Crippen LogP) is 4.76. The van der Waals surface area contributed by atoms with Gasteiger partial charge in [-0.1, -0.05) is 12.1 Å². The number of nitrogens with zero attached hydrogens (tertiary/aromatic N) is 2. The number of carbonyl (C=O) groups excluding carboxylic acids is 1. The number of hydrogen-bond acceptors (Lipinski definition) is 4. The molecule has 29 heavy (non-hydrogen) atoms. The number of anilines is 1. The highest BCUT2D eigenvalue weighted by atomic mass is 16.3. The van der Waals surface area contributed by atoms with E-state index in [1.807, 2.05) is 39.0 Å². The number of rotatable bonds is 2. The summed E-state index contributed by atoms with van der Waals surface area (Å²) in [5, 5.41) is 19.7. The molecule has 1 aliphatic heterocycles. The summed E-state index contributed by atoms with van der Waals surface area (Å²) in [4.78, 5) is 19.7. The van der Waals surface area contributed by atoms with Crippen LogP contribution in [0, 0.1) is 13.8 Å². The minimum Gasteiger partial charge on any atom is -0.508 e. The van der Waals surface area contributed by atoms with Gasteiger partial charge in [-0.15, -0.1) is 0 Å². The number of amides is 1. The number of pyridine rings is 1. The lowest BCUT2D eigenvalue weighted by Gasteiger charge is -2.35. The van der Waals surface area contributed by atoms with E-state index in [4.69, 9.17) is 4.98 Å². The van der Waals surface area contributed by atoms with Crippen LogP contribution in [0.1, 0.15) is 40.5 Å². The van der Waals surface area contributed by atoms with Gasteiger partial charge in [0.2, 0.25) is 0 Å². The van der Waals surface area contributed by atoms with Gasteiger partial charge >= 0.3 is 0 Å². The van der Waals surface area contributed by atoms with Gasteiger partial charge in [0.25, 0.3) is 5.91 Å². The fraction of sp³-hybridized carbons (Fsp3) is 0.250. The number of phenols is 2. The quantitative estimate of drug-likeness (QED) is 0.664. The van der Waals surface area contributed by atoms with Crippen molar-refractivity contribution in [2.75, 3.05) is 4.90 Å². The van der Waals surface area contributed by atoms with E-state index < -0.39 is 0 Å². The Bertz CT molecular complexity index is 1110. The molecule has 1 atom stereocenters. The summed E-state index contributed by atoms with van der Waals surface area (Å²) in [6, 6.07) is 14.2. The Balaban J connectivity index is 1.76. The van der Waals surface area contributed by atoms with Crippen molar-refractivity contribution in [3.63, 3.8) is 0 Å². The average Bonchev–Trinajstić information content (AvgIpc) is 2.69. The van der Waals surface area contributed by atoms with Gasteiger partial charge in [0, 0.05) is 29.1 Å².